The van der Waals surface area contributed by atoms with E-state index in [2.05, 4.69) is 0 Å². The van der Waals surface area contributed by atoms with Gasteiger partial charge < -0.3 is 9.53 Å². The molecule has 0 aromatic heterocycles. The average Bonchev–Trinajstić information content (AvgIpc) is 2.57. The fourth-order valence-electron chi connectivity index (χ4n) is 2.26. The summed E-state index contributed by atoms with van der Waals surface area (Å²) >= 11 is 6.30. The molecule has 0 aliphatic rings. The molecule has 1 rings (SSSR count). The summed E-state index contributed by atoms with van der Waals surface area (Å²) in [6.07, 6.45) is 0.656. The average molecular weight is 432 g/mol. The van der Waals surface area contributed by atoms with Crippen LogP contribution in [0.2, 0.25) is 0 Å². The Kier molecular flexibility index (Phi) is 9.41. The number of sulfonamides is 1. The summed E-state index contributed by atoms with van der Waals surface area (Å²) in [6.45, 7) is 6.62. The van der Waals surface area contributed by atoms with Gasteiger partial charge in [-0.05, 0) is 51.5 Å². The minimum atomic E-state index is -4.00. The zero-order valence-corrected chi connectivity index (χ0v) is 18.4. The van der Waals surface area contributed by atoms with E-state index < -0.39 is 15.9 Å². The first-order chi connectivity index (χ1) is 12.6. The summed E-state index contributed by atoms with van der Waals surface area (Å²) in [6, 6.07) is 6.31. The molecule has 27 heavy (non-hydrogen) atoms. The molecular weight excluding hydrogens is 406 g/mol. The fourth-order valence-corrected chi connectivity index (χ4v) is 5.25. The summed E-state index contributed by atoms with van der Waals surface area (Å²) in [7, 11) is -4.00. The van der Waals surface area contributed by atoms with Gasteiger partial charge in [0.15, 0.2) is 0 Å². The molecule has 0 saturated carbocycles. The minimum Gasteiger partial charge on any atom is -0.479 e. The van der Waals surface area contributed by atoms with Crippen LogP contribution in [0.3, 0.4) is 0 Å². The van der Waals surface area contributed by atoms with Gasteiger partial charge in [0.05, 0.1) is 11.5 Å². The molecule has 0 spiro atoms. The van der Waals surface area contributed by atoms with Crippen LogP contribution in [0.25, 0.3) is 0 Å². The number of amides is 1. The maximum Gasteiger partial charge on any atom is 0.266 e. The number of thioether (sulfide) groups is 1. The van der Waals surface area contributed by atoms with E-state index in [1.54, 1.807) is 19.1 Å². The number of rotatable bonds is 9. The summed E-state index contributed by atoms with van der Waals surface area (Å²) in [5.41, 5.74) is 0.917. The molecule has 1 unspecified atom stereocenters. The summed E-state index contributed by atoms with van der Waals surface area (Å²) in [4.78, 5) is 23.5. The Bertz CT molecular complexity index is 775. The first kappa shape index (κ1) is 23.6. The van der Waals surface area contributed by atoms with Gasteiger partial charge in [0.25, 0.3) is 10.0 Å². The van der Waals surface area contributed by atoms with Crippen LogP contribution in [0.1, 0.15) is 39.2 Å². The molecule has 0 aliphatic heterocycles. The molecule has 0 N–H and O–H groups in total. The Morgan fingerprint density at radius 1 is 1.22 bits per heavy atom. The van der Waals surface area contributed by atoms with E-state index in [1.807, 2.05) is 6.92 Å². The van der Waals surface area contributed by atoms with Crippen LogP contribution in [-0.2, 0) is 24.3 Å². The standard InChI is InChI=1S/C18H25NO5S3/c1-5-24-18(25)26-16(9-8-14(3)20)12-19(15(4)21)27(22,23)17-10-6-13(2)7-11-17/h6-7,10-11,16H,5,8-9,12H2,1-4H3. The van der Waals surface area contributed by atoms with E-state index >= 15 is 0 Å². The van der Waals surface area contributed by atoms with E-state index in [4.69, 9.17) is 17.0 Å². The van der Waals surface area contributed by atoms with Gasteiger partial charge >= 0.3 is 0 Å². The number of carbonyl (C=O) groups excluding carboxylic acids is 2. The van der Waals surface area contributed by atoms with Crippen LogP contribution in [0.4, 0.5) is 0 Å². The SMILES string of the molecule is CCOC(=S)SC(CCC(C)=O)CN(C(C)=O)S(=O)(=O)c1ccc(C)cc1. The molecule has 0 bridgehead atoms. The molecule has 0 radical (unpaired) electrons. The van der Waals surface area contributed by atoms with E-state index in [0.717, 1.165) is 9.87 Å². The zero-order chi connectivity index (χ0) is 20.6. The molecule has 6 nitrogen and oxygen atoms in total. The van der Waals surface area contributed by atoms with Gasteiger partial charge in [-0.15, -0.1) is 0 Å². The largest absolute Gasteiger partial charge is 0.479 e. The Hall–Kier alpha value is -1.45. The predicted octanol–water partition coefficient (Wildman–Crippen LogP) is 3.32. The molecule has 0 fully saturated rings. The summed E-state index contributed by atoms with van der Waals surface area (Å²) in [5, 5.41) is -0.378. The van der Waals surface area contributed by atoms with Crippen molar-refractivity contribution < 1.29 is 22.7 Å². The van der Waals surface area contributed by atoms with Crippen LogP contribution < -0.4 is 0 Å². The predicted molar refractivity (Wildman–Crippen MR) is 111 cm³/mol. The topological polar surface area (TPSA) is 80.8 Å². The van der Waals surface area contributed by atoms with Crippen molar-refractivity contribution in [3.8, 4) is 0 Å². The van der Waals surface area contributed by atoms with Crippen LogP contribution >= 0.6 is 24.0 Å². The van der Waals surface area contributed by atoms with Crippen LogP contribution in [0, 0.1) is 6.92 Å². The minimum absolute atomic E-state index is 0.0151. The summed E-state index contributed by atoms with van der Waals surface area (Å²) < 4.78 is 32.2. The van der Waals surface area contributed by atoms with E-state index in [9.17, 15) is 18.0 Å². The van der Waals surface area contributed by atoms with Gasteiger partial charge in [-0.3, -0.25) is 4.79 Å². The van der Waals surface area contributed by atoms with Gasteiger partial charge in [0.1, 0.15) is 5.78 Å². The summed E-state index contributed by atoms with van der Waals surface area (Å²) in [5.74, 6) is -0.606. The Balaban J connectivity index is 3.10. The molecule has 0 aliphatic carbocycles. The third-order valence-corrected chi connectivity index (χ3v) is 6.96. The maximum atomic E-state index is 12.9. The lowest BCUT2D eigenvalue weighted by atomic mass is 10.2. The number of benzene rings is 1. The number of ketones is 1. The molecule has 1 aromatic rings. The van der Waals surface area contributed by atoms with Crippen molar-refractivity contribution >= 4 is 50.1 Å². The quantitative estimate of drug-likeness (QED) is 0.555. The number of ether oxygens (including phenoxy) is 1. The lowest BCUT2D eigenvalue weighted by molar-refractivity contribution is -0.124. The van der Waals surface area contributed by atoms with Crippen molar-refractivity contribution in [2.45, 2.75) is 50.7 Å². The maximum absolute atomic E-state index is 12.9. The third kappa shape index (κ3) is 7.59. The number of nitrogens with zero attached hydrogens (tertiary/aromatic N) is 1. The lowest BCUT2D eigenvalue weighted by Crippen LogP contribution is -2.40. The molecule has 1 atom stereocenters. The van der Waals surface area contributed by atoms with Gasteiger partial charge in [0, 0.05) is 25.1 Å². The van der Waals surface area contributed by atoms with Crippen LogP contribution in [-0.4, -0.2) is 47.2 Å². The Morgan fingerprint density at radius 2 is 1.81 bits per heavy atom. The van der Waals surface area contributed by atoms with Crippen molar-refractivity contribution in [2.75, 3.05) is 13.2 Å². The number of thiocarbonyl (C=S) groups is 1. The van der Waals surface area contributed by atoms with E-state index in [-0.39, 0.29) is 33.3 Å². The Labute approximate surface area is 170 Å². The second kappa shape index (κ2) is 10.8. The van der Waals surface area contributed by atoms with Crippen LogP contribution in [0.15, 0.2) is 29.2 Å². The van der Waals surface area contributed by atoms with E-state index in [0.29, 0.717) is 13.0 Å². The van der Waals surface area contributed by atoms with Crippen LogP contribution in [0.5, 0.6) is 0 Å². The number of hydrogen-bond acceptors (Lipinski definition) is 7. The molecule has 150 valence electrons. The molecule has 0 saturated heterocycles. The van der Waals surface area contributed by atoms with Crippen molar-refractivity contribution in [1.29, 1.82) is 0 Å². The second-order valence-corrected chi connectivity index (χ2v) is 9.80. The highest BCUT2D eigenvalue weighted by Gasteiger charge is 2.30. The molecule has 1 aromatic carbocycles. The fraction of sp³-hybridized carbons (Fsp3) is 0.500. The van der Waals surface area contributed by atoms with Crippen molar-refractivity contribution in [3.05, 3.63) is 29.8 Å². The van der Waals surface area contributed by atoms with Gasteiger partial charge in [0.2, 0.25) is 10.3 Å². The second-order valence-electron chi connectivity index (χ2n) is 6.03. The van der Waals surface area contributed by atoms with Crippen molar-refractivity contribution in [2.24, 2.45) is 0 Å². The smallest absolute Gasteiger partial charge is 0.266 e. The number of carbonyl (C=O) groups is 2. The lowest BCUT2D eigenvalue weighted by Gasteiger charge is -2.26. The van der Waals surface area contributed by atoms with Gasteiger partial charge in [-0.2, -0.15) is 0 Å². The third-order valence-electron chi connectivity index (χ3n) is 3.67. The highest BCUT2D eigenvalue weighted by Crippen LogP contribution is 2.24. The first-order valence-corrected chi connectivity index (χ1v) is 11.2. The van der Waals surface area contributed by atoms with E-state index in [1.165, 1.54) is 37.7 Å². The highest BCUT2D eigenvalue weighted by atomic mass is 32.2. The number of Topliss-reactive ketones (excluding diaryl/α,β-unsaturated/α-hetero) is 1. The molecule has 0 heterocycles. The first-order valence-electron chi connectivity index (χ1n) is 8.50. The van der Waals surface area contributed by atoms with Crippen molar-refractivity contribution in [3.63, 3.8) is 0 Å². The Morgan fingerprint density at radius 3 is 2.30 bits per heavy atom. The molecule has 1 amide bonds. The normalized spacial score (nSPS) is 12.3. The number of hydrogen-bond donors (Lipinski definition) is 0. The van der Waals surface area contributed by atoms with Gasteiger partial charge in [-0.1, -0.05) is 29.5 Å². The van der Waals surface area contributed by atoms with Crippen molar-refractivity contribution in [1.82, 2.24) is 4.31 Å². The highest BCUT2D eigenvalue weighted by molar-refractivity contribution is 8.23. The molecule has 9 heteroatoms. The van der Waals surface area contributed by atoms with Gasteiger partial charge in [-0.25, -0.2) is 12.7 Å². The number of aryl methyl sites for hydroxylation is 1. The molecular formula is C18H25NO5S3. The monoisotopic (exact) mass is 431 g/mol. The zero-order valence-electron chi connectivity index (χ0n) is 15.9.